The van der Waals surface area contributed by atoms with Crippen LogP contribution in [-0.2, 0) is 0 Å². The third kappa shape index (κ3) is 3.82. The van der Waals surface area contributed by atoms with Crippen LogP contribution >= 0.6 is 22.9 Å². The molecule has 0 aliphatic carbocycles. The van der Waals surface area contributed by atoms with E-state index in [4.69, 9.17) is 16.3 Å². The van der Waals surface area contributed by atoms with E-state index in [1.165, 1.54) is 17.7 Å². The van der Waals surface area contributed by atoms with Crippen LogP contribution < -0.4 is 10.1 Å². The minimum absolute atomic E-state index is 0.00222. The molecule has 4 aromatic rings. The van der Waals surface area contributed by atoms with Gasteiger partial charge in [-0.3, -0.25) is 10.1 Å². The normalized spacial score (nSPS) is 10.9. The quantitative estimate of drug-likeness (QED) is 0.317. The Bertz CT molecular complexity index is 1240. The van der Waals surface area contributed by atoms with Gasteiger partial charge in [-0.25, -0.2) is 9.97 Å². The maximum Gasteiger partial charge on any atom is 0.373 e. The average Bonchev–Trinajstić information content (AvgIpc) is 3.08. The van der Waals surface area contributed by atoms with Crippen LogP contribution in [0.3, 0.4) is 0 Å². The van der Waals surface area contributed by atoms with Gasteiger partial charge < -0.3 is 10.1 Å². The van der Waals surface area contributed by atoms with Gasteiger partial charge in [0.05, 0.1) is 15.1 Å². The number of fused-ring (bicyclic) bond motifs is 1. The fourth-order valence-corrected chi connectivity index (χ4v) is 3.79. The molecule has 10 heteroatoms. The first-order chi connectivity index (χ1) is 13.9. The summed E-state index contributed by atoms with van der Waals surface area (Å²) >= 11 is 7.40. The molecular weight excluding hydrogens is 414 g/mol. The fourth-order valence-electron chi connectivity index (χ4n) is 2.73. The molecule has 146 valence electrons. The summed E-state index contributed by atoms with van der Waals surface area (Å²) in [6.45, 7) is 3.77. The van der Waals surface area contributed by atoms with Crippen molar-refractivity contribution in [3.05, 3.63) is 69.0 Å². The monoisotopic (exact) mass is 427 g/mol. The zero-order valence-electron chi connectivity index (χ0n) is 15.3. The fraction of sp³-hybridized carbons (Fsp3) is 0.105. The Morgan fingerprint density at radius 1 is 1.17 bits per heavy atom. The third-order valence-electron chi connectivity index (χ3n) is 4.16. The summed E-state index contributed by atoms with van der Waals surface area (Å²) in [6.07, 6.45) is 1.20. The summed E-state index contributed by atoms with van der Waals surface area (Å²) in [4.78, 5) is 23.6. The lowest BCUT2D eigenvalue weighted by atomic mass is 10.2. The summed E-state index contributed by atoms with van der Waals surface area (Å²) in [5, 5.41) is 15.7. The number of hydrogen-bond donors (Lipinski definition) is 1. The average molecular weight is 428 g/mol. The Balaban J connectivity index is 1.71. The zero-order valence-corrected chi connectivity index (χ0v) is 16.9. The standard InChI is InChI=1S/C19H14ClN5O3S/c1-10-4-3-5-14-15(10)23-19(29-14)24-17-16(25(26)27)18(22-9-21-17)28-12-6-7-13(20)11(2)8-12/h3-9H,1-2H3,(H,21,22,23,24). The second-order valence-corrected chi connectivity index (χ2v) is 7.65. The van der Waals surface area contributed by atoms with E-state index in [1.54, 1.807) is 18.2 Å². The Morgan fingerprint density at radius 2 is 2.00 bits per heavy atom. The molecule has 2 aromatic carbocycles. The predicted octanol–water partition coefficient (Wildman–Crippen LogP) is 5.80. The van der Waals surface area contributed by atoms with Crippen molar-refractivity contribution in [3.8, 4) is 11.6 Å². The Kier molecular flexibility index (Phi) is 4.99. The number of hydrogen-bond acceptors (Lipinski definition) is 8. The summed E-state index contributed by atoms with van der Waals surface area (Å²) in [5.41, 5.74) is 2.26. The predicted molar refractivity (Wildman–Crippen MR) is 113 cm³/mol. The lowest BCUT2D eigenvalue weighted by Crippen LogP contribution is -2.03. The molecular formula is C19H14ClN5O3S. The largest absolute Gasteiger partial charge is 0.434 e. The molecule has 29 heavy (non-hydrogen) atoms. The smallest absolute Gasteiger partial charge is 0.373 e. The second-order valence-electron chi connectivity index (χ2n) is 6.21. The van der Waals surface area contributed by atoms with E-state index >= 15 is 0 Å². The van der Waals surface area contributed by atoms with E-state index in [9.17, 15) is 10.1 Å². The number of para-hydroxylation sites is 1. The Morgan fingerprint density at radius 3 is 2.72 bits per heavy atom. The molecule has 0 atom stereocenters. The van der Waals surface area contributed by atoms with Crippen LogP contribution in [-0.4, -0.2) is 19.9 Å². The van der Waals surface area contributed by atoms with Crippen molar-refractivity contribution in [3.63, 3.8) is 0 Å². The number of ether oxygens (including phenoxy) is 1. The highest BCUT2D eigenvalue weighted by atomic mass is 35.5. The van der Waals surface area contributed by atoms with Gasteiger partial charge in [-0.05, 0) is 49.2 Å². The maximum atomic E-state index is 11.7. The molecule has 0 fully saturated rings. The number of nitrogens with zero attached hydrogens (tertiary/aromatic N) is 4. The van der Waals surface area contributed by atoms with Crippen LogP contribution in [0.25, 0.3) is 10.2 Å². The number of rotatable bonds is 5. The van der Waals surface area contributed by atoms with E-state index in [0.29, 0.717) is 15.9 Å². The number of anilines is 2. The molecule has 1 N–H and O–H groups in total. The summed E-state index contributed by atoms with van der Waals surface area (Å²) in [6, 6.07) is 10.8. The van der Waals surface area contributed by atoms with Gasteiger partial charge in [0.15, 0.2) is 5.13 Å². The Hall–Kier alpha value is -3.30. The highest BCUT2D eigenvalue weighted by Crippen LogP contribution is 2.37. The molecule has 0 radical (unpaired) electrons. The van der Waals surface area contributed by atoms with Gasteiger partial charge in [-0.2, -0.15) is 4.98 Å². The van der Waals surface area contributed by atoms with Crippen LogP contribution in [0.1, 0.15) is 11.1 Å². The van der Waals surface area contributed by atoms with Gasteiger partial charge in [-0.15, -0.1) is 0 Å². The molecule has 4 rings (SSSR count). The zero-order chi connectivity index (χ0) is 20.5. The molecule has 2 aromatic heterocycles. The van der Waals surface area contributed by atoms with Gasteiger partial charge in [0.1, 0.15) is 12.1 Å². The van der Waals surface area contributed by atoms with Crippen molar-refractivity contribution in [2.75, 3.05) is 5.32 Å². The molecule has 8 nitrogen and oxygen atoms in total. The number of thiazole rings is 1. The summed E-state index contributed by atoms with van der Waals surface area (Å²) in [7, 11) is 0. The van der Waals surface area contributed by atoms with E-state index < -0.39 is 4.92 Å². The first-order valence-corrected chi connectivity index (χ1v) is 9.68. The molecule has 0 aliphatic rings. The highest BCUT2D eigenvalue weighted by Gasteiger charge is 2.26. The van der Waals surface area contributed by atoms with Crippen LogP contribution in [0.2, 0.25) is 5.02 Å². The second kappa shape index (κ2) is 7.61. The SMILES string of the molecule is Cc1cc(Oc2ncnc(Nc3nc4c(C)cccc4s3)c2[N+](=O)[O-])ccc1Cl. The third-order valence-corrected chi connectivity index (χ3v) is 5.52. The van der Waals surface area contributed by atoms with Gasteiger partial charge in [0.2, 0.25) is 5.82 Å². The first-order valence-electron chi connectivity index (χ1n) is 8.49. The van der Waals surface area contributed by atoms with Crippen molar-refractivity contribution in [1.82, 2.24) is 15.0 Å². The number of aryl methyl sites for hydroxylation is 2. The van der Waals surface area contributed by atoms with Crippen molar-refractivity contribution in [2.24, 2.45) is 0 Å². The van der Waals surface area contributed by atoms with Crippen molar-refractivity contribution in [2.45, 2.75) is 13.8 Å². The van der Waals surface area contributed by atoms with E-state index in [2.05, 4.69) is 20.3 Å². The highest BCUT2D eigenvalue weighted by molar-refractivity contribution is 7.22. The molecule has 0 unspecified atom stereocenters. The van der Waals surface area contributed by atoms with Gasteiger partial charge in [-0.1, -0.05) is 35.1 Å². The van der Waals surface area contributed by atoms with Crippen LogP contribution in [0.4, 0.5) is 16.6 Å². The minimum Gasteiger partial charge on any atom is -0.434 e. The van der Waals surface area contributed by atoms with Crippen molar-refractivity contribution >= 4 is 49.8 Å². The minimum atomic E-state index is -0.584. The van der Waals surface area contributed by atoms with Crippen molar-refractivity contribution < 1.29 is 9.66 Å². The number of aromatic nitrogens is 3. The van der Waals surface area contributed by atoms with Crippen molar-refractivity contribution in [1.29, 1.82) is 0 Å². The molecule has 2 heterocycles. The summed E-state index contributed by atoms with van der Waals surface area (Å²) in [5.74, 6) is 0.212. The molecule has 0 saturated carbocycles. The first kappa shape index (κ1) is 19.0. The van der Waals surface area contributed by atoms with E-state index in [-0.39, 0.29) is 17.4 Å². The number of nitro groups is 1. The molecule has 0 aliphatic heterocycles. The van der Waals surface area contributed by atoms with Gasteiger partial charge >= 0.3 is 11.6 Å². The molecule has 0 saturated heterocycles. The van der Waals surface area contributed by atoms with E-state index in [1.807, 2.05) is 32.0 Å². The van der Waals surface area contributed by atoms with Crippen LogP contribution in [0, 0.1) is 24.0 Å². The van der Waals surface area contributed by atoms with Gasteiger partial charge in [0, 0.05) is 5.02 Å². The maximum absolute atomic E-state index is 11.7. The lowest BCUT2D eigenvalue weighted by molar-refractivity contribution is -0.385. The number of benzene rings is 2. The number of halogens is 1. The lowest BCUT2D eigenvalue weighted by Gasteiger charge is -2.09. The number of nitrogens with one attached hydrogen (secondary N) is 1. The van der Waals surface area contributed by atoms with Crippen LogP contribution in [0.5, 0.6) is 11.6 Å². The molecule has 0 bridgehead atoms. The Labute approximate surface area is 174 Å². The van der Waals surface area contributed by atoms with Crippen LogP contribution in [0.15, 0.2) is 42.7 Å². The van der Waals surface area contributed by atoms with E-state index in [0.717, 1.165) is 21.3 Å². The van der Waals surface area contributed by atoms with Gasteiger partial charge in [0.25, 0.3) is 0 Å². The molecule has 0 amide bonds. The summed E-state index contributed by atoms with van der Waals surface area (Å²) < 4.78 is 6.62. The topological polar surface area (TPSA) is 103 Å². The molecule has 0 spiro atoms.